The number of benzene rings is 2. The first kappa shape index (κ1) is 24.6. The number of rotatable bonds is 8. The van der Waals surface area contributed by atoms with Crippen LogP contribution >= 0.6 is 23.4 Å². The maximum atomic E-state index is 12.1. The van der Waals surface area contributed by atoms with E-state index in [1.54, 1.807) is 24.3 Å². The van der Waals surface area contributed by atoms with E-state index < -0.39 is 10.9 Å². The lowest BCUT2D eigenvalue weighted by Crippen LogP contribution is -2.29. The fourth-order valence-electron chi connectivity index (χ4n) is 3.77. The van der Waals surface area contributed by atoms with Crippen LogP contribution in [0, 0.1) is 10.1 Å². The van der Waals surface area contributed by atoms with Gasteiger partial charge in [-0.05, 0) is 61.4 Å². The molecule has 0 saturated carbocycles. The maximum absolute atomic E-state index is 12.1. The zero-order valence-electron chi connectivity index (χ0n) is 18.6. The Morgan fingerprint density at radius 3 is 2.69 bits per heavy atom. The maximum Gasteiger partial charge on any atom is 0.342 e. The molecule has 0 aliphatic carbocycles. The van der Waals surface area contributed by atoms with Crippen molar-refractivity contribution in [3.63, 3.8) is 0 Å². The summed E-state index contributed by atoms with van der Waals surface area (Å²) in [5.74, 6) is -0.654. The summed E-state index contributed by atoms with van der Waals surface area (Å²) in [6, 6.07) is 9.38. The minimum atomic E-state index is -1.23. The summed E-state index contributed by atoms with van der Waals surface area (Å²) < 4.78 is 11.0. The third-order valence-electron chi connectivity index (χ3n) is 5.41. The highest BCUT2D eigenvalue weighted by atomic mass is 35.5. The number of halogens is 1. The van der Waals surface area contributed by atoms with Gasteiger partial charge in [-0.15, -0.1) is 10.2 Å². The van der Waals surface area contributed by atoms with Crippen LogP contribution in [0.15, 0.2) is 50.9 Å². The second-order valence-corrected chi connectivity index (χ2v) is 9.11. The van der Waals surface area contributed by atoms with Gasteiger partial charge in [0.15, 0.2) is 0 Å². The first-order valence-electron chi connectivity index (χ1n) is 10.7. The number of aromatic nitrogens is 2. The number of carboxylic acids is 1. The summed E-state index contributed by atoms with van der Waals surface area (Å²) in [4.78, 5) is 24.9. The number of aliphatic carboxylic acids is 1. The molecule has 182 valence electrons. The van der Waals surface area contributed by atoms with Crippen molar-refractivity contribution in [1.82, 2.24) is 10.2 Å². The Bertz CT molecular complexity index is 1290. The third-order valence-corrected chi connectivity index (χ3v) is 6.50. The van der Waals surface area contributed by atoms with Crippen molar-refractivity contribution in [3.05, 3.63) is 62.0 Å². The Morgan fingerprint density at radius 1 is 1.23 bits per heavy atom. The van der Waals surface area contributed by atoms with Crippen LogP contribution in [-0.4, -0.2) is 46.4 Å². The Morgan fingerprint density at radius 2 is 2.00 bits per heavy atom. The zero-order valence-corrected chi connectivity index (χ0v) is 20.2. The van der Waals surface area contributed by atoms with Gasteiger partial charge >= 0.3 is 5.97 Å². The highest BCUT2D eigenvalue weighted by molar-refractivity contribution is 8.03. The normalized spacial score (nSPS) is 14.1. The molecule has 1 fully saturated rings. The number of thioether (sulfide) groups is 1. The predicted molar refractivity (Wildman–Crippen MR) is 132 cm³/mol. The van der Waals surface area contributed by atoms with Gasteiger partial charge in [0, 0.05) is 41.5 Å². The molecule has 1 aliphatic rings. The zero-order chi connectivity index (χ0) is 24.9. The Balaban J connectivity index is 1.69. The molecule has 0 radical (unpaired) electrons. The van der Waals surface area contributed by atoms with E-state index in [2.05, 4.69) is 15.1 Å². The monoisotopic (exact) mass is 516 g/mol. The molecule has 1 aliphatic heterocycles. The number of methoxy groups -OCH3 is 1. The predicted octanol–water partition coefficient (Wildman–Crippen LogP) is 5.51. The third kappa shape index (κ3) is 5.75. The minimum Gasteiger partial charge on any atom is -0.496 e. The SMILES string of the molecule is COc1ccc(Cl)cc1-c1nnc(S/C(=C/c2cc([N+](=O)[O-])ccc2N2CCCCC2)C(=O)O)o1. The molecule has 1 N–H and O–H groups in total. The van der Waals surface area contributed by atoms with E-state index in [4.69, 9.17) is 20.8 Å². The first-order chi connectivity index (χ1) is 16.9. The summed E-state index contributed by atoms with van der Waals surface area (Å²) in [5, 5.41) is 29.6. The van der Waals surface area contributed by atoms with Gasteiger partial charge in [-0.3, -0.25) is 10.1 Å². The minimum absolute atomic E-state index is 0.0133. The molecule has 0 spiro atoms. The number of non-ortho nitro benzene ring substituents is 1. The Kier molecular flexibility index (Phi) is 7.57. The van der Waals surface area contributed by atoms with Gasteiger partial charge in [-0.2, -0.15) is 0 Å². The molecule has 1 aromatic heterocycles. The number of ether oxygens (including phenoxy) is 1. The standard InChI is InChI=1S/C23H21ClN4O6S/c1-33-19-8-5-15(24)13-17(19)21-25-26-23(34-21)35-20(22(29)30)12-14-11-16(28(31)32)6-7-18(14)27-9-3-2-4-10-27/h5-8,11-13H,2-4,9-10H2,1H3,(H,29,30)/b20-12+. The number of nitro benzene ring substituents is 1. The topological polar surface area (TPSA) is 132 Å². The highest BCUT2D eigenvalue weighted by Crippen LogP contribution is 2.36. The number of carbonyl (C=O) groups is 1. The van der Waals surface area contributed by atoms with E-state index >= 15 is 0 Å². The van der Waals surface area contributed by atoms with Crippen LogP contribution in [0.5, 0.6) is 5.75 Å². The molecule has 10 nitrogen and oxygen atoms in total. The fraction of sp³-hybridized carbons (Fsp3) is 0.261. The molecular formula is C23H21ClN4O6S. The van der Waals surface area contributed by atoms with Crippen LogP contribution in [0.1, 0.15) is 24.8 Å². The van der Waals surface area contributed by atoms with Crippen LogP contribution in [-0.2, 0) is 4.79 Å². The van der Waals surface area contributed by atoms with Crippen LogP contribution in [0.3, 0.4) is 0 Å². The van der Waals surface area contributed by atoms with Crippen LogP contribution in [0.25, 0.3) is 17.5 Å². The molecule has 1 saturated heterocycles. The number of piperidine rings is 1. The van der Waals surface area contributed by atoms with Gasteiger partial charge < -0.3 is 19.2 Å². The molecule has 0 unspecified atom stereocenters. The van der Waals surface area contributed by atoms with Gasteiger partial charge in [0.05, 0.1) is 17.6 Å². The molecular weight excluding hydrogens is 496 g/mol. The summed E-state index contributed by atoms with van der Waals surface area (Å²) in [5.41, 5.74) is 1.51. The molecule has 0 atom stereocenters. The van der Waals surface area contributed by atoms with E-state index in [1.807, 2.05) is 0 Å². The largest absolute Gasteiger partial charge is 0.496 e. The van der Waals surface area contributed by atoms with Crippen molar-refractivity contribution in [2.45, 2.75) is 24.5 Å². The van der Waals surface area contributed by atoms with Gasteiger partial charge in [-0.1, -0.05) is 11.6 Å². The van der Waals surface area contributed by atoms with E-state index in [9.17, 15) is 20.0 Å². The molecule has 4 rings (SSSR count). The first-order valence-corrected chi connectivity index (χ1v) is 11.9. The van der Waals surface area contributed by atoms with Crippen molar-refractivity contribution in [2.75, 3.05) is 25.1 Å². The average molecular weight is 517 g/mol. The number of anilines is 1. The van der Waals surface area contributed by atoms with Gasteiger partial charge in [0.2, 0.25) is 0 Å². The lowest BCUT2D eigenvalue weighted by atomic mass is 10.1. The van der Waals surface area contributed by atoms with Crippen molar-refractivity contribution in [2.24, 2.45) is 0 Å². The summed E-state index contributed by atoms with van der Waals surface area (Å²) >= 11 is 6.82. The molecule has 0 bridgehead atoms. The summed E-state index contributed by atoms with van der Waals surface area (Å²) in [6.07, 6.45) is 4.51. The van der Waals surface area contributed by atoms with Crippen molar-refractivity contribution in [3.8, 4) is 17.2 Å². The molecule has 35 heavy (non-hydrogen) atoms. The number of nitro groups is 1. The fourth-order valence-corrected chi connectivity index (χ4v) is 4.61. The van der Waals surface area contributed by atoms with Crippen LogP contribution in [0.4, 0.5) is 11.4 Å². The number of carboxylic acid groups (broad SMARTS) is 1. The molecule has 2 aromatic carbocycles. The van der Waals surface area contributed by atoms with E-state index in [1.165, 1.54) is 25.3 Å². The lowest BCUT2D eigenvalue weighted by molar-refractivity contribution is -0.384. The van der Waals surface area contributed by atoms with E-state index in [-0.39, 0.29) is 21.7 Å². The number of hydrogen-bond acceptors (Lipinski definition) is 9. The Hall–Kier alpha value is -3.57. The van der Waals surface area contributed by atoms with Gasteiger partial charge in [0.25, 0.3) is 16.8 Å². The van der Waals surface area contributed by atoms with Gasteiger partial charge in [-0.25, -0.2) is 4.79 Å². The van der Waals surface area contributed by atoms with Crippen LogP contribution < -0.4 is 9.64 Å². The quantitative estimate of drug-likeness (QED) is 0.177. The second kappa shape index (κ2) is 10.8. The molecule has 2 heterocycles. The van der Waals surface area contributed by atoms with Crippen molar-refractivity contribution < 1.29 is 24.0 Å². The van der Waals surface area contributed by atoms with E-state index in [0.717, 1.165) is 49.8 Å². The molecule has 12 heteroatoms. The average Bonchev–Trinajstić information content (AvgIpc) is 3.32. The molecule has 0 amide bonds. The summed E-state index contributed by atoms with van der Waals surface area (Å²) in [6.45, 7) is 1.59. The summed E-state index contributed by atoms with van der Waals surface area (Å²) in [7, 11) is 1.49. The van der Waals surface area contributed by atoms with Crippen molar-refractivity contribution >= 4 is 46.8 Å². The highest BCUT2D eigenvalue weighted by Gasteiger charge is 2.21. The second-order valence-electron chi connectivity index (χ2n) is 7.68. The smallest absolute Gasteiger partial charge is 0.342 e. The number of hydrogen-bond donors (Lipinski definition) is 1. The number of nitrogens with zero attached hydrogens (tertiary/aromatic N) is 4. The van der Waals surface area contributed by atoms with Crippen LogP contribution in [0.2, 0.25) is 5.02 Å². The Labute approximate surface area is 209 Å². The van der Waals surface area contributed by atoms with E-state index in [0.29, 0.717) is 21.9 Å². The lowest BCUT2D eigenvalue weighted by Gasteiger charge is -2.30. The molecule has 3 aromatic rings. The van der Waals surface area contributed by atoms with Gasteiger partial charge in [0.1, 0.15) is 10.7 Å². The van der Waals surface area contributed by atoms with Crippen molar-refractivity contribution in [1.29, 1.82) is 0 Å².